The fraction of sp³-hybridized carbons (Fsp3) is 0.300. The molecule has 0 aliphatic heterocycles. The van der Waals surface area contributed by atoms with Crippen LogP contribution in [-0.4, -0.2) is 13.1 Å². The summed E-state index contributed by atoms with van der Waals surface area (Å²) >= 11 is 3.34. The van der Waals surface area contributed by atoms with E-state index in [2.05, 4.69) is 20.7 Å². The zero-order valence-corrected chi connectivity index (χ0v) is 9.67. The summed E-state index contributed by atoms with van der Waals surface area (Å²) in [4.78, 5) is 11.2. The van der Waals surface area contributed by atoms with Gasteiger partial charge in [-0.2, -0.15) is 0 Å². The molecule has 0 spiro atoms. The molecule has 1 aromatic carbocycles. The number of nitrogens with two attached hydrogens (primary N) is 1. The summed E-state index contributed by atoms with van der Waals surface area (Å²) in [6, 6.07) is 4.95. The highest BCUT2D eigenvalue weighted by Crippen LogP contribution is 2.23. The minimum atomic E-state index is -0.728. The van der Waals surface area contributed by atoms with Crippen LogP contribution in [0.4, 0.5) is 0 Å². The van der Waals surface area contributed by atoms with Crippen molar-refractivity contribution in [3.63, 3.8) is 0 Å². The van der Waals surface area contributed by atoms with Crippen LogP contribution in [0.2, 0.25) is 0 Å². The Bertz CT molecular complexity index is 352. The van der Waals surface area contributed by atoms with Gasteiger partial charge < -0.3 is 10.5 Å². The van der Waals surface area contributed by atoms with E-state index in [1.54, 1.807) is 0 Å². The Kier molecular flexibility index (Phi) is 3.66. The fourth-order valence-electron chi connectivity index (χ4n) is 1.16. The maximum Gasteiger partial charge on any atom is 0.327 e. The first-order chi connectivity index (χ1) is 6.56. The van der Waals surface area contributed by atoms with Crippen LogP contribution in [-0.2, 0) is 9.53 Å². The van der Waals surface area contributed by atoms with Crippen LogP contribution >= 0.6 is 15.9 Å². The summed E-state index contributed by atoms with van der Waals surface area (Å²) in [5.74, 6) is -0.434. The van der Waals surface area contributed by atoms with Gasteiger partial charge in [0.1, 0.15) is 6.04 Å². The highest BCUT2D eigenvalue weighted by atomic mass is 79.9. The van der Waals surface area contributed by atoms with Crippen molar-refractivity contribution in [3.8, 4) is 0 Å². The van der Waals surface area contributed by atoms with Crippen molar-refractivity contribution in [2.45, 2.75) is 13.0 Å². The smallest absolute Gasteiger partial charge is 0.327 e. The molecule has 0 aromatic heterocycles. The molecule has 0 saturated heterocycles. The van der Waals surface area contributed by atoms with E-state index < -0.39 is 12.0 Å². The molecule has 1 aromatic rings. The maximum absolute atomic E-state index is 11.2. The Morgan fingerprint density at radius 2 is 2.21 bits per heavy atom. The van der Waals surface area contributed by atoms with Gasteiger partial charge in [-0.15, -0.1) is 0 Å². The fourth-order valence-corrected chi connectivity index (χ4v) is 1.65. The first-order valence-electron chi connectivity index (χ1n) is 4.15. The molecule has 0 aliphatic rings. The van der Waals surface area contributed by atoms with Crippen LogP contribution in [0.5, 0.6) is 0 Å². The number of hydrogen-bond acceptors (Lipinski definition) is 3. The molecule has 3 nitrogen and oxygen atoms in total. The van der Waals surface area contributed by atoms with Gasteiger partial charge in [0.2, 0.25) is 0 Å². The molecule has 1 atom stereocenters. The van der Waals surface area contributed by atoms with Crippen molar-refractivity contribution in [1.82, 2.24) is 0 Å². The third-order valence-corrected chi connectivity index (χ3v) is 2.66. The molecule has 2 N–H and O–H groups in total. The maximum atomic E-state index is 11.2. The van der Waals surface area contributed by atoms with Crippen LogP contribution in [0.3, 0.4) is 0 Å². The highest BCUT2D eigenvalue weighted by molar-refractivity contribution is 9.10. The standard InChI is InChI=1S/C10H12BrNO2/c1-6-3-4-8(11)7(5-6)9(12)10(13)14-2/h3-5,9H,12H2,1-2H3/t9-/m0/s1. The van der Waals surface area contributed by atoms with E-state index in [1.807, 2.05) is 25.1 Å². The van der Waals surface area contributed by atoms with Gasteiger partial charge in [0, 0.05) is 4.47 Å². The molecule has 1 rings (SSSR count). The predicted molar refractivity (Wildman–Crippen MR) is 57.8 cm³/mol. The van der Waals surface area contributed by atoms with Crippen molar-refractivity contribution in [1.29, 1.82) is 0 Å². The van der Waals surface area contributed by atoms with Gasteiger partial charge in [-0.3, -0.25) is 4.79 Å². The van der Waals surface area contributed by atoms with E-state index in [1.165, 1.54) is 7.11 Å². The Labute approximate surface area is 91.4 Å². The van der Waals surface area contributed by atoms with Gasteiger partial charge in [0.15, 0.2) is 0 Å². The van der Waals surface area contributed by atoms with Crippen molar-refractivity contribution in [3.05, 3.63) is 33.8 Å². The lowest BCUT2D eigenvalue weighted by Crippen LogP contribution is -2.23. The summed E-state index contributed by atoms with van der Waals surface area (Å²) in [7, 11) is 1.33. The monoisotopic (exact) mass is 257 g/mol. The number of benzene rings is 1. The van der Waals surface area contributed by atoms with Crippen LogP contribution in [0.15, 0.2) is 22.7 Å². The topological polar surface area (TPSA) is 52.3 Å². The lowest BCUT2D eigenvalue weighted by molar-refractivity contribution is -0.142. The van der Waals surface area contributed by atoms with E-state index in [9.17, 15) is 4.79 Å². The molecule has 0 radical (unpaired) electrons. The largest absolute Gasteiger partial charge is 0.468 e. The van der Waals surface area contributed by atoms with Gasteiger partial charge in [-0.25, -0.2) is 0 Å². The molecule has 0 unspecified atom stereocenters. The number of halogens is 1. The van der Waals surface area contributed by atoms with Crippen LogP contribution in [0.1, 0.15) is 17.2 Å². The molecule has 0 aliphatic carbocycles. The molecule has 14 heavy (non-hydrogen) atoms. The Morgan fingerprint density at radius 3 is 2.79 bits per heavy atom. The third-order valence-electron chi connectivity index (χ3n) is 1.94. The van der Waals surface area contributed by atoms with Crippen molar-refractivity contribution in [2.75, 3.05) is 7.11 Å². The minimum absolute atomic E-state index is 0.434. The second-order valence-corrected chi connectivity index (χ2v) is 3.88. The van der Waals surface area contributed by atoms with Crippen LogP contribution in [0.25, 0.3) is 0 Å². The van der Waals surface area contributed by atoms with Crippen molar-refractivity contribution >= 4 is 21.9 Å². The van der Waals surface area contributed by atoms with Gasteiger partial charge in [0.25, 0.3) is 0 Å². The molecular formula is C10H12BrNO2. The van der Waals surface area contributed by atoms with Crippen molar-refractivity contribution < 1.29 is 9.53 Å². The van der Waals surface area contributed by atoms with E-state index in [0.717, 1.165) is 15.6 Å². The van der Waals surface area contributed by atoms with Crippen LogP contribution in [0, 0.1) is 6.92 Å². The normalized spacial score (nSPS) is 12.3. The van der Waals surface area contributed by atoms with E-state index in [4.69, 9.17) is 5.73 Å². The quantitative estimate of drug-likeness (QED) is 0.824. The molecule has 0 fully saturated rings. The second-order valence-electron chi connectivity index (χ2n) is 3.03. The number of carbonyl (C=O) groups is 1. The average Bonchev–Trinajstić information content (AvgIpc) is 2.19. The third kappa shape index (κ3) is 2.33. The lowest BCUT2D eigenvalue weighted by atomic mass is 10.1. The number of esters is 1. The molecule has 0 saturated carbocycles. The molecule has 0 amide bonds. The summed E-state index contributed by atoms with van der Waals surface area (Å²) in [5, 5.41) is 0. The first-order valence-corrected chi connectivity index (χ1v) is 4.95. The summed E-state index contributed by atoms with van der Waals surface area (Å²) < 4.78 is 5.40. The zero-order chi connectivity index (χ0) is 10.7. The Hall–Kier alpha value is -0.870. The number of ether oxygens (including phenoxy) is 1. The minimum Gasteiger partial charge on any atom is -0.468 e. The molecule has 4 heteroatoms. The predicted octanol–water partition coefficient (Wildman–Crippen LogP) is 1.93. The molecule has 76 valence electrons. The summed E-state index contributed by atoms with van der Waals surface area (Å²) in [6.45, 7) is 1.94. The summed E-state index contributed by atoms with van der Waals surface area (Å²) in [6.07, 6.45) is 0. The van der Waals surface area contributed by atoms with E-state index in [0.29, 0.717) is 0 Å². The molecular weight excluding hydrogens is 246 g/mol. The first kappa shape index (κ1) is 11.2. The SMILES string of the molecule is COC(=O)[C@@H](N)c1cc(C)ccc1Br. The highest BCUT2D eigenvalue weighted by Gasteiger charge is 2.18. The summed E-state index contributed by atoms with van der Waals surface area (Å²) in [5.41, 5.74) is 7.52. The molecule has 0 bridgehead atoms. The van der Waals surface area contributed by atoms with Gasteiger partial charge in [-0.1, -0.05) is 33.6 Å². The van der Waals surface area contributed by atoms with E-state index in [-0.39, 0.29) is 0 Å². The second kappa shape index (κ2) is 4.57. The van der Waals surface area contributed by atoms with E-state index >= 15 is 0 Å². The Morgan fingerprint density at radius 1 is 1.57 bits per heavy atom. The lowest BCUT2D eigenvalue weighted by Gasteiger charge is -2.12. The zero-order valence-electron chi connectivity index (χ0n) is 8.08. The Balaban J connectivity index is 3.05. The van der Waals surface area contributed by atoms with Crippen molar-refractivity contribution in [2.24, 2.45) is 5.73 Å². The van der Waals surface area contributed by atoms with Crippen LogP contribution < -0.4 is 5.73 Å². The number of aryl methyl sites for hydroxylation is 1. The van der Waals surface area contributed by atoms with Gasteiger partial charge in [-0.05, 0) is 18.6 Å². The number of rotatable bonds is 2. The van der Waals surface area contributed by atoms with Gasteiger partial charge >= 0.3 is 5.97 Å². The molecule has 0 heterocycles. The van der Waals surface area contributed by atoms with Gasteiger partial charge in [0.05, 0.1) is 7.11 Å². The average molecular weight is 258 g/mol. The number of hydrogen-bond donors (Lipinski definition) is 1. The number of methoxy groups -OCH3 is 1. The number of carbonyl (C=O) groups excluding carboxylic acids is 1.